The zero-order chi connectivity index (χ0) is 16.3. The summed E-state index contributed by atoms with van der Waals surface area (Å²) in [6.45, 7) is 2.27. The van der Waals surface area contributed by atoms with Crippen LogP contribution in [0.4, 0.5) is 0 Å². The van der Waals surface area contributed by atoms with E-state index in [1.165, 1.54) is 57.8 Å². The smallest absolute Gasteiger partial charge is 0.303 e. The third-order valence-electron chi connectivity index (χ3n) is 3.82. The van der Waals surface area contributed by atoms with Gasteiger partial charge in [0, 0.05) is 6.42 Å². The normalized spacial score (nSPS) is 11.7. The van der Waals surface area contributed by atoms with Crippen molar-refractivity contribution in [2.24, 2.45) is 0 Å². The first-order chi connectivity index (χ1) is 10.8. The molecule has 2 nitrogen and oxygen atoms in total. The van der Waals surface area contributed by atoms with Gasteiger partial charge in [-0.05, 0) is 38.5 Å². The van der Waals surface area contributed by atoms with Crippen LogP contribution in [0, 0.1) is 0 Å². The molecule has 0 aromatic heterocycles. The zero-order valence-corrected chi connectivity index (χ0v) is 14.6. The second-order valence-corrected chi connectivity index (χ2v) is 6.07. The molecule has 0 aromatic carbocycles. The van der Waals surface area contributed by atoms with Crippen molar-refractivity contribution in [3.05, 3.63) is 24.3 Å². The van der Waals surface area contributed by atoms with Crippen molar-refractivity contribution in [2.75, 3.05) is 0 Å². The van der Waals surface area contributed by atoms with Crippen LogP contribution in [0.15, 0.2) is 24.3 Å². The Hall–Kier alpha value is -1.05. The molecule has 128 valence electrons. The summed E-state index contributed by atoms with van der Waals surface area (Å²) >= 11 is 0. The topological polar surface area (TPSA) is 37.3 Å². The molecule has 0 bridgehead atoms. The lowest BCUT2D eigenvalue weighted by molar-refractivity contribution is -0.137. The maximum atomic E-state index is 10.3. The molecule has 0 aromatic rings. The first-order valence-electron chi connectivity index (χ1n) is 9.29. The summed E-state index contributed by atoms with van der Waals surface area (Å²) in [7, 11) is 0. The molecule has 0 saturated carbocycles. The Labute approximate surface area is 137 Å². The van der Waals surface area contributed by atoms with E-state index in [0.29, 0.717) is 0 Å². The van der Waals surface area contributed by atoms with Crippen LogP contribution in [0.1, 0.15) is 96.8 Å². The summed E-state index contributed by atoms with van der Waals surface area (Å²) in [6.07, 6.45) is 25.3. The van der Waals surface area contributed by atoms with Crippen LogP contribution in [0.5, 0.6) is 0 Å². The molecule has 0 saturated heterocycles. The molecule has 0 aliphatic carbocycles. The lowest BCUT2D eigenvalue weighted by atomic mass is 10.1. The minimum Gasteiger partial charge on any atom is -0.481 e. The van der Waals surface area contributed by atoms with Crippen LogP contribution in [0.3, 0.4) is 0 Å². The van der Waals surface area contributed by atoms with Crippen LogP contribution < -0.4 is 0 Å². The van der Waals surface area contributed by atoms with E-state index < -0.39 is 5.97 Å². The molecule has 0 aliphatic rings. The van der Waals surface area contributed by atoms with Gasteiger partial charge in [0.2, 0.25) is 0 Å². The summed E-state index contributed by atoms with van der Waals surface area (Å²) < 4.78 is 0. The van der Waals surface area contributed by atoms with Crippen molar-refractivity contribution >= 4 is 5.97 Å². The Balaban J connectivity index is 3.17. The molecule has 0 radical (unpaired) electrons. The average molecular weight is 309 g/mol. The highest BCUT2D eigenvalue weighted by Gasteiger charge is 1.93. The molecule has 0 rings (SSSR count). The monoisotopic (exact) mass is 308 g/mol. The summed E-state index contributed by atoms with van der Waals surface area (Å²) in [5.41, 5.74) is 0. The Bertz CT molecular complexity index is 292. The van der Waals surface area contributed by atoms with Gasteiger partial charge < -0.3 is 5.11 Å². The van der Waals surface area contributed by atoms with Gasteiger partial charge in [0.05, 0.1) is 0 Å². The van der Waals surface area contributed by atoms with Gasteiger partial charge in [0.25, 0.3) is 0 Å². The minimum atomic E-state index is -0.697. The number of carboxylic acids is 1. The average Bonchev–Trinajstić information content (AvgIpc) is 2.50. The molecular weight excluding hydrogens is 272 g/mol. The molecule has 0 unspecified atom stereocenters. The quantitative estimate of drug-likeness (QED) is 0.255. The van der Waals surface area contributed by atoms with E-state index in [1.807, 2.05) is 0 Å². The van der Waals surface area contributed by atoms with Gasteiger partial charge in [0.1, 0.15) is 0 Å². The maximum absolute atomic E-state index is 10.3. The summed E-state index contributed by atoms with van der Waals surface area (Å²) in [5.74, 6) is -0.697. The van der Waals surface area contributed by atoms with E-state index in [2.05, 4.69) is 31.2 Å². The van der Waals surface area contributed by atoms with Gasteiger partial charge in [-0.25, -0.2) is 0 Å². The van der Waals surface area contributed by atoms with E-state index in [1.54, 1.807) is 0 Å². The number of carbonyl (C=O) groups is 1. The van der Waals surface area contributed by atoms with Crippen molar-refractivity contribution in [1.82, 2.24) is 0 Å². The van der Waals surface area contributed by atoms with E-state index >= 15 is 0 Å². The van der Waals surface area contributed by atoms with Crippen LogP contribution in [0.25, 0.3) is 0 Å². The largest absolute Gasteiger partial charge is 0.481 e. The predicted molar refractivity (Wildman–Crippen MR) is 96.2 cm³/mol. The number of allylic oxidation sites excluding steroid dienone is 4. The molecule has 1 N–H and O–H groups in total. The highest BCUT2D eigenvalue weighted by atomic mass is 16.4. The van der Waals surface area contributed by atoms with Crippen LogP contribution >= 0.6 is 0 Å². The third kappa shape index (κ3) is 18.9. The zero-order valence-electron chi connectivity index (χ0n) is 14.6. The predicted octanol–water partition coefficient (Wildman–Crippen LogP) is 6.66. The Morgan fingerprint density at radius 2 is 1.14 bits per heavy atom. The highest BCUT2D eigenvalue weighted by molar-refractivity contribution is 5.66. The molecular formula is C20H36O2. The second kappa shape index (κ2) is 18.0. The Morgan fingerprint density at radius 1 is 0.682 bits per heavy atom. The second-order valence-electron chi connectivity index (χ2n) is 6.07. The molecule has 0 fully saturated rings. The third-order valence-corrected chi connectivity index (χ3v) is 3.82. The van der Waals surface area contributed by atoms with Gasteiger partial charge >= 0.3 is 5.97 Å². The molecule has 22 heavy (non-hydrogen) atoms. The Morgan fingerprint density at radius 3 is 1.68 bits per heavy atom. The highest BCUT2D eigenvalue weighted by Crippen LogP contribution is 2.10. The van der Waals surface area contributed by atoms with Crippen LogP contribution in [-0.2, 0) is 4.79 Å². The molecule has 0 aliphatic heterocycles. The lowest BCUT2D eigenvalue weighted by Crippen LogP contribution is -1.92. The molecule has 0 atom stereocenters. The lowest BCUT2D eigenvalue weighted by Gasteiger charge is -1.99. The number of unbranched alkanes of at least 4 members (excludes halogenated alkanes) is 10. The van der Waals surface area contributed by atoms with E-state index in [4.69, 9.17) is 5.11 Å². The Kier molecular flexibility index (Phi) is 17.1. The summed E-state index contributed by atoms with van der Waals surface area (Å²) in [6, 6.07) is 0. The standard InChI is InChI=1S/C20H36O2/c1-2-3-4-5-6-7-8-9-10-11-12-13-14-15-16-17-18-19-20(21)22/h11-12,15-16H,2-10,13-14,17-19H2,1H3,(H,21,22)/b12-11+,16-15+. The first kappa shape index (κ1) is 20.9. The maximum Gasteiger partial charge on any atom is 0.303 e. The number of rotatable bonds is 16. The number of hydrogen-bond acceptors (Lipinski definition) is 1. The van der Waals surface area contributed by atoms with Gasteiger partial charge in [-0.15, -0.1) is 0 Å². The summed E-state index contributed by atoms with van der Waals surface area (Å²) in [4.78, 5) is 10.3. The van der Waals surface area contributed by atoms with Crippen molar-refractivity contribution in [1.29, 1.82) is 0 Å². The van der Waals surface area contributed by atoms with E-state index in [9.17, 15) is 4.79 Å². The fraction of sp³-hybridized carbons (Fsp3) is 0.750. The number of carboxylic acid groups (broad SMARTS) is 1. The molecule has 2 heteroatoms. The van der Waals surface area contributed by atoms with Crippen molar-refractivity contribution in [3.8, 4) is 0 Å². The molecule has 0 amide bonds. The van der Waals surface area contributed by atoms with Crippen molar-refractivity contribution in [3.63, 3.8) is 0 Å². The summed E-state index contributed by atoms with van der Waals surface area (Å²) in [5, 5.41) is 8.51. The van der Waals surface area contributed by atoms with Crippen molar-refractivity contribution < 1.29 is 9.90 Å². The van der Waals surface area contributed by atoms with E-state index in [0.717, 1.165) is 25.7 Å². The van der Waals surface area contributed by atoms with Gasteiger partial charge in [0.15, 0.2) is 0 Å². The minimum absolute atomic E-state index is 0.281. The van der Waals surface area contributed by atoms with Crippen molar-refractivity contribution in [2.45, 2.75) is 96.8 Å². The van der Waals surface area contributed by atoms with E-state index in [-0.39, 0.29) is 6.42 Å². The SMILES string of the molecule is CCCCCCCCCC/C=C/CC/C=C/CCCC(=O)O. The first-order valence-corrected chi connectivity index (χ1v) is 9.29. The van der Waals surface area contributed by atoms with Crippen LogP contribution in [0.2, 0.25) is 0 Å². The number of hydrogen-bond donors (Lipinski definition) is 1. The molecule has 0 heterocycles. The fourth-order valence-corrected chi connectivity index (χ4v) is 2.43. The molecule has 0 spiro atoms. The van der Waals surface area contributed by atoms with Crippen LogP contribution in [-0.4, -0.2) is 11.1 Å². The fourth-order valence-electron chi connectivity index (χ4n) is 2.43. The van der Waals surface area contributed by atoms with Gasteiger partial charge in [-0.1, -0.05) is 76.2 Å². The van der Waals surface area contributed by atoms with Gasteiger partial charge in [-0.2, -0.15) is 0 Å². The number of aliphatic carboxylic acids is 1. The van der Waals surface area contributed by atoms with Gasteiger partial charge in [-0.3, -0.25) is 4.79 Å².